The van der Waals surface area contributed by atoms with Crippen LogP contribution in [0.4, 0.5) is 4.79 Å². The summed E-state index contributed by atoms with van der Waals surface area (Å²) in [7, 11) is 0. The average molecular weight is 286 g/mol. The first kappa shape index (κ1) is 15.1. The zero-order chi connectivity index (χ0) is 14.5. The number of ether oxygens (including phenoxy) is 1. The van der Waals surface area contributed by atoms with Crippen molar-refractivity contribution in [2.24, 2.45) is 5.92 Å². The van der Waals surface area contributed by atoms with Crippen LogP contribution < -0.4 is 0 Å². The lowest BCUT2D eigenvalue weighted by atomic mass is 9.98. The van der Waals surface area contributed by atoms with Gasteiger partial charge < -0.3 is 24.7 Å². The van der Waals surface area contributed by atoms with Crippen molar-refractivity contribution in [3.8, 4) is 0 Å². The second-order valence-electron chi connectivity index (χ2n) is 5.42. The Balaban J connectivity index is 1.94. The number of likely N-dealkylation sites (tertiary alicyclic amines) is 1. The summed E-state index contributed by atoms with van der Waals surface area (Å²) in [5.41, 5.74) is 0. The third-order valence-corrected chi connectivity index (χ3v) is 4.03. The molecule has 114 valence electrons. The van der Waals surface area contributed by atoms with E-state index in [4.69, 9.17) is 14.9 Å². The number of hydrogen-bond acceptors (Lipinski definition) is 4. The summed E-state index contributed by atoms with van der Waals surface area (Å²) in [4.78, 5) is 26.7. The zero-order valence-electron chi connectivity index (χ0n) is 11.5. The minimum atomic E-state index is -0.919. The number of carboxylic acid groups (broad SMARTS) is 1. The Morgan fingerprint density at radius 2 is 1.90 bits per heavy atom. The van der Waals surface area contributed by atoms with Gasteiger partial charge in [0.1, 0.15) is 0 Å². The number of aliphatic hydroxyl groups is 1. The number of aliphatic hydroxyl groups excluding tert-OH is 1. The van der Waals surface area contributed by atoms with Gasteiger partial charge in [-0.05, 0) is 18.8 Å². The number of urea groups is 1. The van der Waals surface area contributed by atoms with Crippen LogP contribution in [-0.2, 0) is 9.53 Å². The van der Waals surface area contributed by atoms with Crippen LogP contribution in [0, 0.1) is 5.92 Å². The molecule has 0 radical (unpaired) electrons. The Labute approximate surface area is 118 Å². The molecule has 1 unspecified atom stereocenters. The molecule has 0 saturated carbocycles. The van der Waals surface area contributed by atoms with Gasteiger partial charge in [-0.1, -0.05) is 0 Å². The van der Waals surface area contributed by atoms with Crippen molar-refractivity contribution < 1.29 is 24.5 Å². The minimum Gasteiger partial charge on any atom is -0.481 e. The van der Waals surface area contributed by atoms with Crippen LogP contribution in [0.1, 0.15) is 19.3 Å². The molecule has 2 rings (SSSR count). The van der Waals surface area contributed by atoms with Gasteiger partial charge in [-0.15, -0.1) is 0 Å². The summed E-state index contributed by atoms with van der Waals surface area (Å²) >= 11 is 0. The summed E-state index contributed by atoms with van der Waals surface area (Å²) in [5, 5.41) is 18.0. The molecule has 1 atom stereocenters. The van der Waals surface area contributed by atoms with Crippen LogP contribution in [0.2, 0.25) is 0 Å². The van der Waals surface area contributed by atoms with E-state index in [-0.39, 0.29) is 37.6 Å². The monoisotopic (exact) mass is 286 g/mol. The first-order valence-corrected chi connectivity index (χ1v) is 7.07. The molecule has 20 heavy (non-hydrogen) atoms. The molecule has 2 saturated heterocycles. The van der Waals surface area contributed by atoms with Gasteiger partial charge in [0.25, 0.3) is 0 Å². The molecule has 0 aromatic carbocycles. The number of piperidine rings is 1. The van der Waals surface area contributed by atoms with Crippen molar-refractivity contribution in [1.29, 1.82) is 0 Å². The number of morpholine rings is 1. The normalized spacial score (nSPS) is 24.8. The molecule has 0 spiro atoms. The van der Waals surface area contributed by atoms with Crippen molar-refractivity contribution in [2.45, 2.75) is 25.3 Å². The first-order valence-electron chi connectivity index (χ1n) is 7.07. The van der Waals surface area contributed by atoms with Gasteiger partial charge in [0.05, 0.1) is 25.7 Å². The van der Waals surface area contributed by atoms with Crippen LogP contribution in [-0.4, -0.2) is 77.5 Å². The van der Waals surface area contributed by atoms with Crippen molar-refractivity contribution in [3.05, 3.63) is 0 Å². The Morgan fingerprint density at radius 1 is 1.20 bits per heavy atom. The molecule has 2 aliphatic rings. The fourth-order valence-electron chi connectivity index (χ4n) is 2.77. The number of nitrogens with zero attached hydrogens (tertiary/aromatic N) is 2. The second kappa shape index (κ2) is 6.90. The van der Waals surface area contributed by atoms with Crippen LogP contribution in [0.5, 0.6) is 0 Å². The van der Waals surface area contributed by atoms with Crippen LogP contribution in [0.15, 0.2) is 0 Å². The highest BCUT2D eigenvalue weighted by Crippen LogP contribution is 2.20. The lowest BCUT2D eigenvalue weighted by Gasteiger charge is -2.40. The first-order chi connectivity index (χ1) is 9.61. The van der Waals surface area contributed by atoms with Gasteiger partial charge in [-0.3, -0.25) is 4.79 Å². The van der Waals surface area contributed by atoms with Gasteiger partial charge in [-0.25, -0.2) is 4.79 Å². The molecule has 0 bridgehead atoms. The van der Waals surface area contributed by atoms with E-state index in [0.29, 0.717) is 26.2 Å². The molecule has 2 N–H and O–H groups in total. The lowest BCUT2D eigenvalue weighted by Crippen LogP contribution is -2.55. The number of carboxylic acids is 1. The molecule has 2 fully saturated rings. The molecule has 7 heteroatoms. The predicted octanol–water partition coefficient (Wildman–Crippen LogP) is -0.0138. The third-order valence-electron chi connectivity index (χ3n) is 4.03. The topological polar surface area (TPSA) is 90.3 Å². The highest BCUT2D eigenvalue weighted by Gasteiger charge is 2.33. The van der Waals surface area contributed by atoms with E-state index in [9.17, 15) is 9.59 Å². The van der Waals surface area contributed by atoms with Crippen LogP contribution >= 0.6 is 0 Å². The van der Waals surface area contributed by atoms with Gasteiger partial charge >= 0.3 is 12.0 Å². The number of carbonyl (C=O) groups is 2. The standard InChI is InChI=1S/C13H22N2O5/c16-8-10-1-3-14(4-2-10)13(19)15-5-6-20-9-11(15)7-12(17)18/h10-11,16H,1-9H2,(H,17,18). The molecule has 2 amide bonds. The fraction of sp³-hybridized carbons (Fsp3) is 0.846. The molecular weight excluding hydrogens is 264 g/mol. The van der Waals surface area contributed by atoms with E-state index in [1.807, 2.05) is 0 Å². The summed E-state index contributed by atoms with van der Waals surface area (Å²) < 4.78 is 5.28. The maximum Gasteiger partial charge on any atom is 0.320 e. The van der Waals surface area contributed by atoms with E-state index in [2.05, 4.69) is 0 Å². The van der Waals surface area contributed by atoms with E-state index in [1.54, 1.807) is 9.80 Å². The summed E-state index contributed by atoms with van der Waals surface area (Å²) in [6.07, 6.45) is 1.52. The van der Waals surface area contributed by atoms with Crippen molar-refractivity contribution in [2.75, 3.05) is 39.5 Å². The van der Waals surface area contributed by atoms with Crippen LogP contribution in [0.25, 0.3) is 0 Å². The molecule has 2 aliphatic heterocycles. The molecule has 2 heterocycles. The fourth-order valence-corrected chi connectivity index (χ4v) is 2.77. The highest BCUT2D eigenvalue weighted by atomic mass is 16.5. The number of aliphatic carboxylic acids is 1. The Morgan fingerprint density at radius 3 is 2.50 bits per heavy atom. The smallest absolute Gasteiger partial charge is 0.320 e. The van der Waals surface area contributed by atoms with Crippen molar-refractivity contribution in [3.63, 3.8) is 0 Å². The molecule has 0 aliphatic carbocycles. The second-order valence-corrected chi connectivity index (χ2v) is 5.42. The van der Waals surface area contributed by atoms with E-state index < -0.39 is 5.97 Å². The Hall–Kier alpha value is -1.34. The Bertz CT molecular complexity index is 355. The third kappa shape index (κ3) is 3.61. The lowest BCUT2D eigenvalue weighted by molar-refractivity contribution is -0.139. The van der Waals surface area contributed by atoms with E-state index in [0.717, 1.165) is 12.8 Å². The SMILES string of the molecule is O=C(O)CC1COCCN1C(=O)N1CCC(CO)CC1. The predicted molar refractivity (Wildman–Crippen MR) is 70.3 cm³/mol. The van der Waals surface area contributed by atoms with Crippen molar-refractivity contribution >= 4 is 12.0 Å². The van der Waals surface area contributed by atoms with Gasteiger partial charge in [-0.2, -0.15) is 0 Å². The molecular formula is C13H22N2O5. The van der Waals surface area contributed by atoms with Crippen molar-refractivity contribution in [1.82, 2.24) is 9.80 Å². The number of rotatable bonds is 3. The zero-order valence-corrected chi connectivity index (χ0v) is 11.5. The van der Waals surface area contributed by atoms with Gasteiger partial charge in [0.15, 0.2) is 0 Å². The maximum atomic E-state index is 12.5. The van der Waals surface area contributed by atoms with Gasteiger partial charge in [0.2, 0.25) is 0 Å². The van der Waals surface area contributed by atoms with E-state index in [1.165, 1.54) is 0 Å². The largest absolute Gasteiger partial charge is 0.481 e. The van der Waals surface area contributed by atoms with E-state index >= 15 is 0 Å². The number of amides is 2. The minimum absolute atomic E-state index is 0.0845. The average Bonchev–Trinajstić information content (AvgIpc) is 2.46. The maximum absolute atomic E-state index is 12.5. The Kier molecular flexibility index (Phi) is 5.19. The number of hydrogen-bond donors (Lipinski definition) is 2. The molecule has 0 aromatic rings. The summed E-state index contributed by atoms with van der Waals surface area (Å²) in [5.74, 6) is -0.643. The molecule has 0 aromatic heterocycles. The highest BCUT2D eigenvalue weighted by molar-refractivity contribution is 5.76. The summed E-state index contributed by atoms with van der Waals surface area (Å²) in [6, 6.07) is -0.486. The quantitative estimate of drug-likeness (QED) is 0.761. The van der Waals surface area contributed by atoms with Crippen LogP contribution in [0.3, 0.4) is 0 Å². The number of carbonyl (C=O) groups excluding carboxylic acids is 1. The molecule has 7 nitrogen and oxygen atoms in total. The summed E-state index contributed by atoms with van der Waals surface area (Å²) in [6.45, 7) is 2.60. The van der Waals surface area contributed by atoms with Gasteiger partial charge in [0, 0.05) is 26.2 Å².